The molecule has 0 radical (unpaired) electrons. The number of nitrogens with one attached hydrogen (secondary N) is 1. The van der Waals surface area contributed by atoms with Gasteiger partial charge in [-0.15, -0.1) is 11.8 Å². The minimum absolute atomic E-state index is 0.179. The minimum atomic E-state index is -0.799. The van der Waals surface area contributed by atoms with Gasteiger partial charge in [0.2, 0.25) is 5.91 Å². The molecule has 0 saturated carbocycles. The molecule has 0 fully saturated rings. The normalized spacial score (nSPS) is 11.2. The third kappa shape index (κ3) is 5.66. The molecule has 0 aromatic heterocycles. The van der Waals surface area contributed by atoms with Crippen LogP contribution in [0.5, 0.6) is 0 Å². The van der Waals surface area contributed by atoms with Crippen molar-refractivity contribution in [2.45, 2.75) is 24.5 Å². The summed E-state index contributed by atoms with van der Waals surface area (Å²) in [6, 6.07) is 12.6. The van der Waals surface area contributed by atoms with Crippen LogP contribution in [0.15, 0.2) is 47.4 Å². The number of hydrogen-bond donors (Lipinski definition) is 2. The molecule has 0 bridgehead atoms. The van der Waals surface area contributed by atoms with Crippen LogP contribution >= 0.6 is 35.0 Å². The zero-order valence-corrected chi connectivity index (χ0v) is 16.8. The lowest BCUT2D eigenvalue weighted by atomic mass is 9.92. The molecule has 26 heavy (non-hydrogen) atoms. The molecule has 0 aliphatic rings. The van der Waals surface area contributed by atoms with Gasteiger partial charge in [0.15, 0.2) is 0 Å². The summed E-state index contributed by atoms with van der Waals surface area (Å²) >= 11 is 13.7. The topological polar surface area (TPSA) is 72.2 Å². The number of benzene rings is 2. The fourth-order valence-electron chi connectivity index (χ4n) is 2.04. The first-order valence-electron chi connectivity index (χ1n) is 7.94. The fraction of sp³-hybridized carbons (Fsp3) is 0.263. The molecule has 2 amide bonds. The largest absolute Gasteiger partial charge is 0.369 e. The van der Waals surface area contributed by atoms with E-state index in [0.717, 1.165) is 10.5 Å². The predicted octanol–water partition coefficient (Wildman–Crippen LogP) is 4.53. The van der Waals surface area contributed by atoms with E-state index >= 15 is 0 Å². The van der Waals surface area contributed by atoms with Gasteiger partial charge in [-0.3, -0.25) is 9.59 Å². The number of carbonyl (C=O) groups excluding carboxylic acids is 2. The highest BCUT2D eigenvalue weighted by Gasteiger charge is 2.25. The van der Waals surface area contributed by atoms with Crippen LogP contribution in [-0.2, 0) is 10.5 Å². The number of carbonyl (C=O) groups is 2. The van der Waals surface area contributed by atoms with Crippen LogP contribution in [0.1, 0.15) is 29.8 Å². The van der Waals surface area contributed by atoms with Crippen LogP contribution in [0.25, 0.3) is 0 Å². The number of primary amides is 1. The monoisotopic (exact) mass is 410 g/mol. The fourth-order valence-corrected chi connectivity index (χ4v) is 3.48. The van der Waals surface area contributed by atoms with Gasteiger partial charge in [-0.05, 0) is 49.7 Å². The zero-order valence-electron chi connectivity index (χ0n) is 14.5. The molecule has 0 saturated heterocycles. The molecule has 0 aliphatic carbocycles. The molecular formula is C19H20Cl2N2O2S. The molecule has 138 valence electrons. The Bertz CT molecular complexity index is 825. The molecule has 7 heteroatoms. The highest BCUT2D eigenvalue weighted by atomic mass is 35.5. The van der Waals surface area contributed by atoms with E-state index in [1.54, 1.807) is 43.8 Å². The zero-order chi connectivity index (χ0) is 19.3. The van der Waals surface area contributed by atoms with Crippen molar-refractivity contribution in [3.05, 3.63) is 63.6 Å². The van der Waals surface area contributed by atoms with Crippen molar-refractivity contribution in [2.75, 3.05) is 6.54 Å². The van der Waals surface area contributed by atoms with Gasteiger partial charge in [0.05, 0.1) is 10.4 Å². The van der Waals surface area contributed by atoms with Crippen LogP contribution in [-0.4, -0.2) is 18.4 Å². The van der Waals surface area contributed by atoms with E-state index < -0.39 is 11.3 Å². The van der Waals surface area contributed by atoms with E-state index in [1.165, 1.54) is 0 Å². The molecule has 4 nitrogen and oxygen atoms in total. The Morgan fingerprint density at radius 1 is 1.15 bits per heavy atom. The average molecular weight is 411 g/mol. The second-order valence-corrected chi connectivity index (χ2v) is 8.36. The second kappa shape index (κ2) is 8.80. The molecular weight excluding hydrogens is 391 g/mol. The van der Waals surface area contributed by atoms with Gasteiger partial charge in [-0.25, -0.2) is 0 Å². The summed E-state index contributed by atoms with van der Waals surface area (Å²) in [5.74, 6) is -0.0538. The molecule has 0 unspecified atom stereocenters. The maximum absolute atomic E-state index is 12.3. The number of halogens is 2. The third-order valence-corrected chi connectivity index (χ3v) is 5.64. The SMILES string of the molecule is CC(C)(CNC(=O)c1cccc(CSc2cc(Cl)ccc2Cl)c1)C(N)=O. The summed E-state index contributed by atoms with van der Waals surface area (Å²) in [5.41, 5.74) is 6.03. The van der Waals surface area contributed by atoms with Gasteiger partial charge in [0.1, 0.15) is 0 Å². The number of rotatable bonds is 7. The van der Waals surface area contributed by atoms with Crippen LogP contribution in [0.4, 0.5) is 0 Å². The Hall–Kier alpha value is -1.69. The van der Waals surface area contributed by atoms with E-state index in [2.05, 4.69) is 5.32 Å². The Morgan fingerprint density at radius 3 is 2.58 bits per heavy atom. The molecule has 0 spiro atoms. The van der Waals surface area contributed by atoms with Gasteiger partial charge < -0.3 is 11.1 Å². The summed E-state index contributed by atoms with van der Waals surface area (Å²) in [7, 11) is 0. The van der Waals surface area contributed by atoms with Crippen molar-refractivity contribution < 1.29 is 9.59 Å². The van der Waals surface area contributed by atoms with Crippen molar-refractivity contribution >= 4 is 46.8 Å². The van der Waals surface area contributed by atoms with Crippen LogP contribution in [0.2, 0.25) is 10.0 Å². The van der Waals surface area contributed by atoms with E-state index in [4.69, 9.17) is 28.9 Å². The molecule has 2 rings (SSSR count). The lowest BCUT2D eigenvalue weighted by molar-refractivity contribution is -0.125. The maximum atomic E-state index is 12.3. The van der Waals surface area contributed by atoms with Gasteiger partial charge >= 0.3 is 0 Å². The average Bonchev–Trinajstić information content (AvgIpc) is 2.60. The number of nitrogens with two attached hydrogens (primary N) is 1. The first-order valence-corrected chi connectivity index (χ1v) is 9.68. The van der Waals surface area contributed by atoms with E-state index in [1.807, 2.05) is 24.3 Å². The first-order chi connectivity index (χ1) is 12.2. The van der Waals surface area contributed by atoms with Crippen molar-refractivity contribution in [1.29, 1.82) is 0 Å². The summed E-state index contributed by atoms with van der Waals surface area (Å²) in [6.45, 7) is 3.56. The highest BCUT2D eigenvalue weighted by molar-refractivity contribution is 7.98. The maximum Gasteiger partial charge on any atom is 0.251 e. The number of thioether (sulfide) groups is 1. The van der Waals surface area contributed by atoms with Gasteiger partial charge in [0.25, 0.3) is 5.91 Å². The van der Waals surface area contributed by atoms with Gasteiger partial charge in [-0.2, -0.15) is 0 Å². The first kappa shape index (κ1) is 20.6. The van der Waals surface area contributed by atoms with Gasteiger partial charge in [-0.1, -0.05) is 35.3 Å². The molecule has 2 aromatic carbocycles. The smallest absolute Gasteiger partial charge is 0.251 e. The Balaban J connectivity index is 2.02. The predicted molar refractivity (Wildman–Crippen MR) is 108 cm³/mol. The van der Waals surface area contributed by atoms with E-state index in [0.29, 0.717) is 21.4 Å². The molecule has 0 atom stereocenters. The third-order valence-electron chi connectivity index (χ3n) is 3.83. The van der Waals surface area contributed by atoms with Crippen molar-refractivity contribution in [2.24, 2.45) is 11.1 Å². The van der Waals surface area contributed by atoms with Crippen LogP contribution in [0, 0.1) is 5.41 Å². The lowest BCUT2D eigenvalue weighted by Crippen LogP contribution is -2.42. The van der Waals surface area contributed by atoms with Crippen molar-refractivity contribution in [1.82, 2.24) is 5.32 Å². The Morgan fingerprint density at radius 2 is 1.88 bits per heavy atom. The van der Waals surface area contributed by atoms with E-state index in [-0.39, 0.29) is 12.5 Å². The molecule has 0 aliphatic heterocycles. The number of hydrogen-bond acceptors (Lipinski definition) is 3. The van der Waals surface area contributed by atoms with Crippen molar-refractivity contribution in [3.8, 4) is 0 Å². The molecule has 2 aromatic rings. The van der Waals surface area contributed by atoms with Crippen LogP contribution < -0.4 is 11.1 Å². The Labute approximate surface area is 167 Å². The summed E-state index contributed by atoms with van der Waals surface area (Å²) < 4.78 is 0. The molecule has 0 heterocycles. The molecule has 3 N–H and O–H groups in total. The number of amides is 2. The second-order valence-electron chi connectivity index (χ2n) is 6.49. The highest BCUT2D eigenvalue weighted by Crippen LogP contribution is 2.32. The van der Waals surface area contributed by atoms with Crippen molar-refractivity contribution in [3.63, 3.8) is 0 Å². The van der Waals surface area contributed by atoms with E-state index in [9.17, 15) is 9.59 Å². The summed E-state index contributed by atoms with van der Waals surface area (Å²) in [5, 5.41) is 4.02. The summed E-state index contributed by atoms with van der Waals surface area (Å²) in [6.07, 6.45) is 0. The quantitative estimate of drug-likeness (QED) is 0.658. The minimum Gasteiger partial charge on any atom is -0.369 e. The van der Waals surface area contributed by atoms with Gasteiger partial charge in [0, 0.05) is 27.8 Å². The Kier molecular flexibility index (Phi) is 6.98. The lowest BCUT2D eigenvalue weighted by Gasteiger charge is -2.20. The van der Waals surface area contributed by atoms with Crippen LogP contribution in [0.3, 0.4) is 0 Å². The summed E-state index contributed by atoms with van der Waals surface area (Å²) in [4.78, 5) is 24.6. The standard InChI is InChI=1S/C19H20Cl2N2O2S/c1-19(2,18(22)25)11-23-17(24)13-5-3-4-12(8-13)10-26-16-9-14(20)6-7-15(16)21/h3-9H,10-11H2,1-2H3,(H2,22,25)(H,23,24).